The number of carbonyl (C=O) groups is 2. The molecule has 0 bridgehead atoms. The maximum atomic E-state index is 12.7. The van der Waals surface area contributed by atoms with Crippen LogP contribution in [0.4, 0.5) is 10.5 Å². The van der Waals surface area contributed by atoms with Crippen LogP contribution in [0.5, 0.6) is 0 Å². The molecule has 2 aliphatic rings. The maximum absolute atomic E-state index is 12.7. The Morgan fingerprint density at radius 2 is 2.07 bits per heavy atom. The number of amides is 2. The Hall–Kier alpha value is -2.33. The first-order valence-corrected chi connectivity index (χ1v) is 10.7. The van der Waals surface area contributed by atoms with Crippen molar-refractivity contribution in [2.75, 3.05) is 26.7 Å². The van der Waals surface area contributed by atoms with Crippen molar-refractivity contribution in [1.29, 1.82) is 0 Å². The Balaban J connectivity index is 1.49. The summed E-state index contributed by atoms with van der Waals surface area (Å²) in [5, 5.41) is 13.6. The summed E-state index contributed by atoms with van der Waals surface area (Å²) in [6.45, 7) is 1.99. The van der Waals surface area contributed by atoms with Crippen molar-refractivity contribution in [2.45, 2.75) is 49.6 Å². The minimum atomic E-state index is -0.599. The van der Waals surface area contributed by atoms with Gasteiger partial charge in [-0.2, -0.15) is 12.6 Å². The molecule has 0 radical (unpaired) electrons. The van der Waals surface area contributed by atoms with Gasteiger partial charge in [-0.1, -0.05) is 0 Å². The average Bonchev–Trinajstić information content (AvgIpc) is 3.32. The van der Waals surface area contributed by atoms with Gasteiger partial charge >= 0.3 is 6.09 Å². The largest absolute Gasteiger partial charge is 0.445 e. The van der Waals surface area contributed by atoms with Crippen LogP contribution in [0.2, 0.25) is 0 Å². The highest BCUT2D eigenvalue weighted by atomic mass is 32.1. The summed E-state index contributed by atoms with van der Waals surface area (Å²) < 4.78 is 5.34. The lowest BCUT2D eigenvalue weighted by Crippen LogP contribution is -2.46. The summed E-state index contributed by atoms with van der Waals surface area (Å²) in [6, 6.07) is 5.70. The highest BCUT2D eigenvalue weighted by molar-refractivity contribution is 7.81. The minimum Gasteiger partial charge on any atom is -0.445 e. The number of rotatable bonds is 7. The number of ether oxygens (including phenoxy) is 1. The quantitative estimate of drug-likeness (QED) is 0.386. The average molecular weight is 437 g/mol. The number of carbonyl (C=O) groups excluding carboxylic acids is 2. The molecule has 0 saturated carbocycles. The van der Waals surface area contributed by atoms with Crippen LogP contribution in [0, 0.1) is 10.1 Å². The summed E-state index contributed by atoms with van der Waals surface area (Å²) in [5.41, 5.74) is 0.611. The minimum absolute atomic E-state index is 0.0209. The maximum Gasteiger partial charge on any atom is 0.410 e. The molecule has 2 amide bonds. The summed E-state index contributed by atoms with van der Waals surface area (Å²) in [6.07, 6.45) is 3.12. The number of likely N-dealkylation sites (tertiary alicyclic amines) is 2. The van der Waals surface area contributed by atoms with Gasteiger partial charge in [-0.3, -0.25) is 19.8 Å². The SMILES string of the molecule is CN1CCCC1CCNC(=O)[C@@H]1C[C@H](S)CN1C(=O)OCc1ccc([N+](=O)[O-])cc1. The van der Waals surface area contributed by atoms with Crippen molar-refractivity contribution in [2.24, 2.45) is 0 Å². The van der Waals surface area contributed by atoms with Gasteiger partial charge in [-0.15, -0.1) is 0 Å². The fourth-order valence-corrected chi connectivity index (χ4v) is 4.41. The molecule has 0 aromatic heterocycles. The molecule has 10 heteroatoms. The van der Waals surface area contributed by atoms with Crippen LogP contribution in [-0.2, 0) is 16.1 Å². The summed E-state index contributed by atoms with van der Waals surface area (Å²) >= 11 is 4.44. The van der Waals surface area contributed by atoms with Gasteiger partial charge in [0.05, 0.1) is 4.92 Å². The third-order valence-electron chi connectivity index (χ3n) is 5.77. The number of benzene rings is 1. The zero-order valence-electron chi connectivity index (χ0n) is 17.0. The first-order chi connectivity index (χ1) is 14.3. The van der Waals surface area contributed by atoms with E-state index in [-0.39, 0.29) is 23.5 Å². The number of nitrogens with one attached hydrogen (secondary N) is 1. The van der Waals surface area contributed by atoms with E-state index in [0.29, 0.717) is 31.1 Å². The predicted molar refractivity (Wildman–Crippen MR) is 114 cm³/mol. The topological polar surface area (TPSA) is 105 Å². The number of non-ortho nitro benzene ring substituents is 1. The smallest absolute Gasteiger partial charge is 0.410 e. The summed E-state index contributed by atoms with van der Waals surface area (Å²) in [7, 11) is 2.10. The van der Waals surface area contributed by atoms with Crippen LogP contribution >= 0.6 is 12.6 Å². The van der Waals surface area contributed by atoms with E-state index in [0.717, 1.165) is 19.4 Å². The molecular formula is C20H28N4O5S. The Morgan fingerprint density at radius 1 is 1.33 bits per heavy atom. The number of hydrogen-bond acceptors (Lipinski definition) is 7. The van der Waals surface area contributed by atoms with E-state index in [4.69, 9.17) is 4.74 Å². The second-order valence-electron chi connectivity index (χ2n) is 7.89. The zero-order valence-corrected chi connectivity index (χ0v) is 17.9. The van der Waals surface area contributed by atoms with Crippen molar-refractivity contribution < 1.29 is 19.2 Å². The van der Waals surface area contributed by atoms with Gasteiger partial charge in [0.2, 0.25) is 5.91 Å². The number of nitrogens with zero attached hydrogens (tertiary/aromatic N) is 3. The molecule has 0 aliphatic carbocycles. The molecule has 1 N–H and O–H groups in total. The normalized spacial score (nSPS) is 24.1. The van der Waals surface area contributed by atoms with Crippen molar-refractivity contribution in [1.82, 2.24) is 15.1 Å². The van der Waals surface area contributed by atoms with E-state index >= 15 is 0 Å². The van der Waals surface area contributed by atoms with E-state index in [1.807, 2.05) is 0 Å². The molecule has 0 spiro atoms. The molecule has 1 aromatic rings. The van der Waals surface area contributed by atoms with Crippen molar-refractivity contribution in [3.05, 3.63) is 39.9 Å². The predicted octanol–water partition coefficient (Wildman–Crippen LogP) is 2.20. The van der Waals surface area contributed by atoms with Crippen molar-refractivity contribution in [3.8, 4) is 0 Å². The molecule has 9 nitrogen and oxygen atoms in total. The molecule has 2 fully saturated rings. The Labute approximate surface area is 181 Å². The molecule has 1 unspecified atom stereocenters. The monoisotopic (exact) mass is 436 g/mol. The molecule has 2 aliphatic heterocycles. The van der Waals surface area contributed by atoms with Gasteiger partial charge < -0.3 is 15.0 Å². The highest BCUT2D eigenvalue weighted by Crippen LogP contribution is 2.24. The Bertz CT molecular complexity index is 775. The molecule has 2 heterocycles. The standard InChI is InChI=1S/C20H28N4O5S/c1-22-10-2-3-15(22)8-9-21-19(25)18-11-17(30)12-23(18)20(26)29-13-14-4-6-16(7-5-14)24(27)28/h4-7,15,17-18,30H,2-3,8-13H2,1H3,(H,21,25)/t15?,17-,18-/m0/s1. The lowest BCUT2D eigenvalue weighted by molar-refractivity contribution is -0.384. The third kappa shape index (κ3) is 5.63. The first kappa shape index (κ1) is 22.4. The van der Waals surface area contributed by atoms with Crippen molar-refractivity contribution in [3.63, 3.8) is 0 Å². The zero-order chi connectivity index (χ0) is 21.7. The molecule has 2 saturated heterocycles. The van der Waals surface area contributed by atoms with E-state index in [1.165, 1.54) is 23.5 Å². The van der Waals surface area contributed by atoms with Crippen LogP contribution in [-0.4, -0.2) is 70.7 Å². The molecule has 3 rings (SSSR count). The van der Waals surface area contributed by atoms with Gasteiger partial charge in [0.25, 0.3) is 5.69 Å². The number of hydrogen-bond donors (Lipinski definition) is 2. The van der Waals surface area contributed by atoms with Crippen LogP contribution in [0.1, 0.15) is 31.2 Å². The number of thiol groups is 1. The fraction of sp³-hybridized carbons (Fsp3) is 0.600. The van der Waals surface area contributed by atoms with E-state index in [9.17, 15) is 19.7 Å². The third-order valence-corrected chi connectivity index (χ3v) is 6.15. The van der Waals surface area contributed by atoms with Gasteiger partial charge in [0.15, 0.2) is 0 Å². The number of nitro groups is 1. The van der Waals surface area contributed by atoms with E-state index < -0.39 is 17.1 Å². The van der Waals surface area contributed by atoms with Gasteiger partial charge in [0.1, 0.15) is 12.6 Å². The van der Waals surface area contributed by atoms with Crippen LogP contribution in [0.25, 0.3) is 0 Å². The number of nitro benzene ring substituents is 1. The first-order valence-electron chi connectivity index (χ1n) is 10.2. The van der Waals surface area contributed by atoms with Crippen LogP contribution in [0.3, 0.4) is 0 Å². The van der Waals surface area contributed by atoms with Gasteiger partial charge in [-0.25, -0.2) is 4.79 Å². The lowest BCUT2D eigenvalue weighted by Gasteiger charge is -2.24. The second kappa shape index (κ2) is 10.1. The van der Waals surface area contributed by atoms with Crippen LogP contribution in [0.15, 0.2) is 24.3 Å². The molecule has 30 heavy (non-hydrogen) atoms. The van der Waals surface area contributed by atoms with Crippen molar-refractivity contribution >= 4 is 30.3 Å². The molecule has 164 valence electrons. The summed E-state index contributed by atoms with van der Waals surface area (Å²) in [5.74, 6) is -0.181. The van der Waals surface area contributed by atoms with Gasteiger partial charge in [-0.05, 0) is 57.0 Å². The second-order valence-corrected chi connectivity index (χ2v) is 8.62. The fourth-order valence-electron chi connectivity index (χ4n) is 4.03. The Kier molecular flexibility index (Phi) is 7.54. The van der Waals surface area contributed by atoms with Gasteiger partial charge in [0, 0.05) is 36.5 Å². The van der Waals surface area contributed by atoms with E-state index in [2.05, 4.69) is 29.9 Å². The Morgan fingerprint density at radius 3 is 2.70 bits per heavy atom. The van der Waals surface area contributed by atoms with Crippen LogP contribution < -0.4 is 5.32 Å². The molecular weight excluding hydrogens is 408 g/mol. The van der Waals surface area contributed by atoms with E-state index in [1.54, 1.807) is 12.1 Å². The highest BCUT2D eigenvalue weighted by Gasteiger charge is 2.39. The summed E-state index contributed by atoms with van der Waals surface area (Å²) in [4.78, 5) is 39.2. The molecule has 3 atom stereocenters. The lowest BCUT2D eigenvalue weighted by atomic mass is 10.1. The molecule has 1 aromatic carbocycles.